The second kappa shape index (κ2) is 8.08. The molecule has 0 radical (unpaired) electrons. The highest BCUT2D eigenvalue weighted by atomic mass is 15.0. The SMILES string of the molecule is CC1CCCC(NCCCCN(C)C)CC1. The topological polar surface area (TPSA) is 15.3 Å². The molecule has 0 bridgehead atoms. The number of unbranched alkanes of at least 4 members (excludes halogenated alkanes) is 1. The molecule has 2 nitrogen and oxygen atoms in total. The first-order valence-electron chi connectivity index (χ1n) is 7.06. The van der Waals surface area contributed by atoms with Crippen molar-refractivity contribution in [1.29, 1.82) is 0 Å². The minimum Gasteiger partial charge on any atom is -0.314 e. The molecule has 16 heavy (non-hydrogen) atoms. The van der Waals surface area contributed by atoms with Crippen LogP contribution in [0.15, 0.2) is 0 Å². The van der Waals surface area contributed by atoms with E-state index in [0.29, 0.717) is 0 Å². The fraction of sp³-hybridized carbons (Fsp3) is 1.00. The molecular weight excluding hydrogens is 196 g/mol. The average molecular weight is 226 g/mol. The number of nitrogens with one attached hydrogen (secondary N) is 1. The lowest BCUT2D eigenvalue weighted by Gasteiger charge is -2.16. The van der Waals surface area contributed by atoms with Crippen LogP contribution in [0.3, 0.4) is 0 Å². The molecule has 1 rings (SSSR count). The Hall–Kier alpha value is -0.0800. The molecule has 0 heterocycles. The van der Waals surface area contributed by atoms with Crippen LogP contribution in [-0.2, 0) is 0 Å². The van der Waals surface area contributed by atoms with Crippen molar-refractivity contribution in [3.8, 4) is 0 Å². The molecule has 1 saturated carbocycles. The Kier molecular flexibility index (Phi) is 7.06. The zero-order valence-electron chi connectivity index (χ0n) is 11.5. The number of hydrogen-bond acceptors (Lipinski definition) is 2. The molecule has 0 amide bonds. The Bertz CT molecular complexity index is 168. The van der Waals surface area contributed by atoms with Crippen LogP contribution in [-0.4, -0.2) is 38.1 Å². The van der Waals surface area contributed by atoms with Crippen molar-refractivity contribution in [2.75, 3.05) is 27.2 Å². The van der Waals surface area contributed by atoms with Crippen LogP contribution in [0.2, 0.25) is 0 Å². The standard InChI is InChI=1S/C14H30N2/c1-13-7-6-8-14(10-9-13)15-11-4-5-12-16(2)3/h13-15H,4-12H2,1-3H3. The number of nitrogens with zero attached hydrogens (tertiary/aromatic N) is 1. The van der Waals surface area contributed by atoms with Crippen LogP contribution in [0.4, 0.5) is 0 Å². The van der Waals surface area contributed by atoms with E-state index < -0.39 is 0 Å². The average Bonchev–Trinajstić information content (AvgIpc) is 2.43. The molecule has 0 aromatic heterocycles. The summed E-state index contributed by atoms with van der Waals surface area (Å²) in [6.45, 7) is 4.84. The van der Waals surface area contributed by atoms with Crippen LogP contribution >= 0.6 is 0 Å². The quantitative estimate of drug-likeness (QED) is 0.553. The van der Waals surface area contributed by atoms with Crippen molar-refractivity contribution in [3.63, 3.8) is 0 Å². The lowest BCUT2D eigenvalue weighted by Crippen LogP contribution is -2.29. The van der Waals surface area contributed by atoms with E-state index in [1.165, 1.54) is 58.0 Å². The van der Waals surface area contributed by atoms with Gasteiger partial charge in [0, 0.05) is 6.04 Å². The maximum absolute atomic E-state index is 3.74. The van der Waals surface area contributed by atoms with Gasteiger partial charge in [0.1, 0.15) is 0 Å². The third-order valence-corrected chi connectivity index (χ3v) is 3.72. The third-order valence-electron chi connectivity index (χ3n) is 3.72. The lowest BCUT2D eigenvalue weighted by atomic mass is 10.0. The zero-order chi connectivity index (χ0) is 11.8. The summed E-state index contributed by atoms with van der Waals surface area (Å²) in [5.74, 6) is 0.959. The van der Waals surface area contributed by atoms with Gasteiger partial charge < -0.3 is 10.2 Å². The first-order chi connectivity index (χ1) is 7.68. The molecule has 0 saturated heterocycles. The van der Waals surface area contributed by atoms with E-state index >= 15 is 0 Å². The van der Waals surface area contributed by atoms with E-state index in [1.807, 2.05) is 0 Å². The molecule has 0 spiro atoms. The van der Waals surface area contributed by atoms with Crippen molar-refractivity contribution in [2.45, 2.75) is 57.9 Å². The van der Waals surface area contributed by atoms with Gasteiger partial charge in [-0.1, -0.05) is 19.8 Å². The molecule has 2 atom stereocenters. The summed E-state index contributed by atoms with van der Waals surface area (Å²) in [5, 5.41) is 3.74. The molecule has 2 unspecified atom stereocenters. The third kappa shape index (κ3) is 6.49. The van der Waals surface area contributed by atoms with Gasteiger partial charge in [-0.15, -0.1) is 0 Å². The fourth-order valence-corrected chi connectivity index (χ4v) is 2.55. The van der Waals surface area contributed by atoms with Gasteiger partial charge in [0.25, 0.3) is 0 Å². The molecule has 1 N–H and O–H groups in total. The predicted octanol–water partition coefficient (Wildman–Crippen LogP) is 2.89. The summed E-state index contributed by atoms with van der Waals surface area (Å²) >= 11 is 0. The molecule has 1 aliphatic carbocycles. The van der Waals surface area contributed by atoms with Gasteiger partial charge in [0.2, 0.25) is 0 Å². The molecular formula is C14H30N2. The van der Waals surface area contributed by atoms with Crippen molar-refractivity contribution < 1.29 is 0 Å². The van der Waals surface area contributed by atoms with Gasteiger partial charge in [-0.05, 0) is 65.2 Å². The molecule has 1 aliphatic rings. The summed E-state index contributed by atoms with van der Waals surface area (Å²) in [4.78, 5) is 2.27. The number of hydrogen-bond donors (Lipinski definition) is 1. The largest absolute Gasteiger partial charge is 0.314 e. The van der Waals surface area contributed by atoms with E-state index in [1.54, 1.807) is 0 Å². The second-order valence-corrected chi connectivity index (χ2v) is 5.77. The molecule has 0 aromatic rings. The van der Waals surface area contributed by atoms with E-state index in [0.717, 1.165) is 12.0 Å². The Balaban J connectivity index is 1.99. The summed E-state index contributed by atoms with van der Waals surface area (Å²) in [7, 11) is 4.31. The minimum atomic E-state index is 0.810. The van der Waals surface area contributed by atoms with E-state index in [2.05, 4.69) is 31.2 Å². The maximum atomic E-state index is 3.74. The van der Waals surface area contributed by atoms with Gasteiger partial charge in [-0.25, -0.2) is 0 Å². The van der Waals surface area contributed by atoms with Crippen molar-refractivity contribution >= 4 is 0 Å². The highest BCUT2D eigenvalue weighted by molar-refractivity contribution is 4.73. The molecule has 2 heteroatoms. The Morgan fingerprint density at radius 2 is 1.88 bits per heavy atom. The van der Waals surface area contributed by atoms with Crippen LogP contribution in [0, 0.1) is 5.92 Å². The number of rotatable bonds is 6. The van der Waals surface area contributed by atoms with Gasteiger partial charge in [0.05, 0.1) is 0 Å². The first kappa shape index (κ1) is 14.0. The Morgan fingerprint density at radius 1 is 1.06 bits per heavy atom. The van der Waals surface area contributed by atoms with Gasteiger partial charge in [0.15, 0.2) is 0 Å². The maximum Gasteiger partial charge on any atom is 0.00671 e. The van der Waals surface area contributed by atoms with Crippen molar-refractivity contribution in [1.82, 2.24) is 10.2 Å². The van der Waals surface area contributed by atoms with E-state index in [9.17, 15) is 0 Å². The Morgan fingerprint density at radius 3 is 2.62 bits per heavy atom. The monoisotopic (exact) mass is 226 g/mol. The van der Waals surface area contributed by atoms with Crippen LogP contribution in [0.1, 0.15) is 51.9 Å². The highest BCUT2D eigenvalue weighted by Crippen LogP contribution is 2.22. The van der Waals surface area contributed by atoms with Crippen LogP contribution in [0.5, 0.6) is 0 Å². The lowest BCUT2D eigenvalue weighted by molar-refractivity contribution is 0.382. The smallest absolute Gasteiger partial charge is 0.00671 e. The molecule has 0 aromatic carbocycles. The molecule has 0 aliphatic heterocycles. The van der Waals surface area contributed by atoms with E-state index in [-0.39, 0.29) is 0 Å². The normalized spacial score (nSPS) is 27.0. The summed E-state index contributed by atoms with van der Waals surface area (Å²) in [6, 6.07) is 0.810. The minimum absolute atomic E-state index is 0.810. The summed E-state index contributed by atoms with van der Waals surface area (Å²) < 4.78 is 0. The Labute approximate surface area is 102 Å². The zero-order valence-corrected chi connectivity index (χ0v) is 11.5. The van der Waals surface area contributed by atoms with Crippen molar-refractivity contribution in [3.05, 3.63) is 0 Å². The molecule has 96 valence electrons. The highest BCUT2D eigenvalue weighted by Gasteiger charge is 2.14. The van der Waals surface area contributed by atoms with Crippen LogP contribution in [0.25, 0.3) is 0 Å². The fourth-order valence-electron chi connectivity index (χ4n) is 2.55. The second-order valence-electron chi connectivity index (χ2n) is 5.77. The summed E-state index contributed by atoms with van der Waals surface area (Å²) in [6.07, 6.45) is 9.74. The van der Waals surface area contributed by atoms with Gasteiger partial charge >= 0.3 is 0 Å². The summed E-state index contributed by atoms with van der Waals surface area (Å²) in [5.41, 5.74) is 0. The van der Waals surface area contributed by atoms with Gasteiger partial charge in [-0.3, -0.25) is 0 Å². The van der Waals surface area contributed by atoms with E-state index in [4.69, 9.17) is 0 Å². The van der Waals surface area contributed by atoms with Crippen molar-refractivity contribution in [2.24, 2.45) is 5.92 Å². The first-order valence-corrected chi connectivity index (χ1v) is 7.06. The predicted molar refractivity (Wildman–Crippen MR) is 71.8 cm³/mol. The molecule has 1 fully saturated rings. The van der Waals surface area contributed by atoms with Crippen LogP contribution < -0.4 is 5.32 Å². The van der Waals surface area contributed by atoms with Gasteiger partial charge in [-0.2, -0.15) is 0 Å².